The molecule has 2 N–H and O–H groups in total. The fraction of sp³-hybridized carbons (Fsp3) is 0.588. The van der Waals surface area contributed by atoms with Crippen LogP contribution in [0.5, 0.6) is 5.75 Å². The summed E-state index contributed by atoms with van der Waals surface area (Å²) in [6.07, 6.45) is 3.14. The highest BCUT2D eigenvalue weighted by molar-refractivity contribution is 5.89. The Balaban J connectivity index is 1.98. The van der Waals surface area contributed by atoms with Gasteiger partial charge in [0.25, 0.3) is 0 Å². The molecule has 2 amide bonds. The molecular formula is C17H25FN2O3. The third-order valence-electron chi connectivity index (χ3n) is 3.78. The van der Waals surface area contributed by atoms with Crippen LogP contribution in [0.15, 0.2) is 18.2 Å². The largest absolute Gasteiger partial charge is 0.487 e. The minimum absolute atomic E-state index is 0.104. The van der Waals surface area contributed by atoms with E-state index in [0.717, 1.165) is 19.3 Å². The molecule has 0 unspecified atom stereocenters. The lowest BCUT2D eigenvalue weighted by molar-refractivity contribution is 0.0501. The average molecular weight is 324 g/mol. The highest BCUT2D eigenvalue weighted by Gasteiger charge is 2.22. The smallest absolute Gasteiger partial charge is 0.321 e. The summed E-state index contributed by atoms with van der Waals surface area (Å²) in [5, 5.41) is 12.5. The summed E-state index contributed by atoms with van der Waals surface area (Å²) in [6, 6.07) is 4.04. The number of amides is 2. The van der Waals surface area contributed by atoms with Crippen LogP contribution in [0.4, 0.5) is 14.9 Å². The van der Waals surface area contributed by atoms with E-state index in [1.807, 2.05) is 6.92 Å². The van der Waals surface area contributed by atoms with Crippen molar-refractivity contribution < 1.29 is 19.0 Å². The van der Waals surface area contributed by atoms with Gasteiger partial charge >= 0.3 is 6.03 Å². The van der Waals surface area contributed by atoms with Crippen LogP contribution < -0.4 is 10.1 Å². The minimum atomic E-state index is -0.987. The van der Waals surface area contributed by atoms with Gasteiger partial charge in [-0.15, -0.1) is 0 Å². The zero-order valence-corrected chi connectivity index (χ0v) is 13.9. The lowest BCUT2D eigenvalue weighted by Gasteiger charge is -2.28. The van der Waals surface area contributed by atoms with Gasteiger partial charge in [-0.3, -0.25) is 0 Å². The van der Waals surface area contributed by atoms with Crippen molar-refractivity contribution in [2.45, 2.75) is 51.7 Å². The second kappa shape index (κ2) is 7.17. The summed E-state index contributed by atoms with van der Waals surface area (Å²) in [5.74, 6) is -0.267. The maximum absolute atomic E-state index is 14.0. The van der Waals surface area contributed by atoms with Gasteiger partial charge in [-0.1, -0.05) is 0 Å². The van der Waals surface area contributed by atoms with E-state index in [1.165, 1.54) is 17.0 Å². The number of halogens is 1. The van der Waals surface area contributed by atoms with E-state index in [1.54, 1.807) is 19.9 Å². The van der Waals surface area contributed by atoms with E-state index in [-0.39, 0.29) is 24.4 Å². The number of aliphatic hydroxyl groups is 1. The number of ether oxygens (including phenoxy) is 1. The molecule has 0 spiro atoms. The Morgan fingerprint density at radius 2 is 2.17 bits per heavy atom. The van der Waals surface area contributed by atoms with Crippen LogP contribution in [-0.4, -0.2) is 40.8 Å². The topological polar surface area (TPSA) is 61.8 Å². The Kier molecular flexibility index (Phi) is 5.46. The van der Waals surface area contributed by atoms with Crippen LogP contribution in [0.1, 0.15) is 40.0 Å². The SMILES string of the molecule is CCN(CC(C)(C)O)C(=O)Nc1ccc(OC2CCC2)c(F)c1. The summed E-state index contributed by atoms with van der Waals surface area (Å²) in [4.78, 5) is 13.7. The molecule has 23 heavy (non-hydrogen) atoms. The van der Waals surface area contributed by atoms with Gasteiger partial charge in [0.05, 0.1) is 18.2 Å². The Labute approximate surface area is 136 Å². The maximum Gasteiger partial charge on any atom is 0.321 e. The zero-order valence-electron chi connectivity index (χ0n) is 13.9. The van der Waals surface area contributed by atoms with E-state index in [2.05, 4.69) is 5.32 Å². The molecule has 2 rings (SSSR count). The van der Waals surface area contributed by atoms with Crippen molar-refractivity contribution >= 4 is 11.7 Å². The number of likely N-dealkylation sites (N-methyl/N-ethyl adjacent to an activating group) is 1. The Morgan fingerprint density at radius 1 is 1.48 bits per heavy atom. The predicted molar refractivity (Wildman–Crippen MR) is 87.2 cm³/mol. The van der Waals surface area contributed by atoms with Crippen molar-refractivity contribution in [3.05, 3.63) is 24.0 Å². The van der Waals surface area contributed by atoms with E-state index in [9.17, 15) is 14.3 Å². The minimum Gasteiger partial charge on any atom is -0.487 e. The highest BCUT2D eigenvalue weighted by Crippen LogP contribution is 2.28. The molecule has 1 aliphatic rings. The van der Waals surface area contributed by atoms with Gasteiger partial charge in [0, 0.05) is 18.3 Å². The molecule has 6 heteroatoms. The molecule has 0 bridgehead atoms. The molecule has 1 saturated carbocycles. The van der Waals surface area contributed by atoms with Crippen molar-refractivity contribution in [3.8, 4) is 5.75 Å². The lowest BCUT2D eigenvalue weighted by Crippen LogP contribution is -2.44. The summed E-state index contributed by atoms with van der Waals surface area (Å²) in [6.45, 7) is 5.73. The van der Waals surface area contributed by atoms with Crippen LogP contribution in [-0.2, 0) is 0 Å². The molecular weight excluding hydrogens is 299 g/mol. The van der Waals surface area contributed by atoms with Crippen LogP contribution in [0.25, 0.3) is 0 Å². The van der Waals surface area contributed by atoms with Gasteiger partial charge < -0.3 is 20.1 Å². The number of rotatable bonds is 6. The van der Waals surface area contributed by atoms with E-state index in [0.29, 0.717) is 12.2 Å². The molecule has 0 aromatic heterocycles. The molecule has 0 heterocycles. The lowest BCUT2D eigenvalue weighted by atomic mass is 9.96. The molecule has 1 aliphatic carbocycles. The van der Waals surface area contributed by atoms with Crippen LogP contribution in [0.2, 0.25) is 0 Å². The van der Waals surface area contributed by atoms with Gasteiger partial charge in [0.2, 0.25) is 0 Å². The maximum atomic E-state index is 14.0. The number of nitrogens with zero attached hydrogens (tertiary/aromatic N) is 1. The van der Waals surface area contributed by atoms with E-state index >= 15 is 0 Å². The first-order chi connectivity index (χ1) is 10.8. The van der Waals surface area contributed by atoms with Gasteiger partial charge in [0.15, 0.2) is 11.6 Å². The van der Waals surface area contributed by atoms with Crippen molar-refractivity contribution in [2.24, 2.45) is 0 Å². The molecule has 0 saturated heterocycles. The van der Waals surface area contributed by atoms with E-state index < -0.39 is 11.4 Å². The molecule has 1 fully saturated rings. The van der Waals surface area contributed by atoms with Crippen molar-refractivity contribution in [1.82, 2.24) is 4.90 Å². The van der Waals surface area contributed by atoms with Gasteiger partial charge in [-0.05, 0) is 52.2 Å². The highest BCUT2D eigenvalue weighted by atomic mass is 19.1. The number of hydrogen-bond donors (Lipinski definition) is 2. The summed E-state index contributed by atoms with van der Waals surface area (Å²) in [5.41, 5.74) is -0.623. The molecule has 0 aliphatic heterocycles. The fourth-order valence-electron chi connectivity index (χ4n) is 2.34. The third-order valence-corrected chi connectivity index (χ3v) is 3.78. The van der Waals surface area contributed by atoms with Gasteiger partial charge in [-0.2, -0.15) is 0 Å². The number of nitrogens with one attached hydrogen (secondary N) is 1. The molecule has 5 nitrogen and oxygen atoms in total. The summed E-state index contributed by atoms with van der Waals surface area (Å²) < 4.78 is 19.6. The first-order valence-electron chi connectivity index (χ1n) is 8.03. The predicted octanol–water partition coefficient (Wildman–Crippen LogP) is 3.38. The number of anilines is 1. The van der Waals surface area contributed by atoms with Crippen molar-refractivity contribution in [1.29, 1.82) is 0 Å². The number of hydrogen-bond acceptors (Lipinski definition) is 3. The number of benzene rings is 1. The molecule has 0 atom stereocenters. The quantitative estimate of drug-likeness (QED) is 0.843. The molecule has 128 valence electrons. The molecule has 1 aromatic carbocycles. The summed E-state index contributed by atoms with van der Waals surface area (Å²) in [7, 11) is 0. The van der Waals surface area contributed by atoms with Gasteiger partial charge in [0.1, 0.15) is 0 Å². The third kappa shape index (κ3) is 5.10. The van der Waals surface area contributed by atoms with Crippen LogP contribution >= 0.6 is 0 Å². The first kappa shape index (κ1) is 17.5. The number of carbonyl (C=O) groups is 1. The normalized spacial score (nSPS) is 15.0. The summed E-state index contributed by atoms with van der Waals surface area (Å²) >= 11 is 0. The van der Waals surface area contributed by atoms with E-state index in [4.69, 9.17) is 4.74 Å². The van der Waals surface area contributed by atoms with Gasteiger partial charge in [-0.25, -0.2) is 9.18 Å². The number of carbonyl (C=O) groups excluding carboxylic acids is 1. The fourth-order valence-corrected chi connectivity index (χ4v) is 2.34. The van der Waals surface area contributed by atoms with Crippen molar-refractivity contribution in [2.75, 3.05) is 18.4 Å². The first-order valence-corrected chi connectivity index (χ1v) is 8.03. The zero-order chi connectivity index (χ0) is 17.0. The van der Waals surface area contributed by atoms with Crippen LogP contribution in [0.3, 0.4) is 0 Å². The average Bonchev–Trinajstić information content (AvgIpc) is 2.40. The molecule has 0 radical (unpaired) electrons. The Hall–Kier alpha value is -1.82. The molecule has 1 aromatic rings. The monoisotopic (exact) mass is 324 g/mol. The second-order valence-corrected chi connectivity index (χ2v) is 6.57. The van der Waals surface area contributed by atoms with Crippen LogP contribution in [0, 0.1) is 5.82 Å². The second-order valence-electron chi connectivity index (χ2n) is 6.57. The number of urea groups is 1. The Bertz CT molecular complexity index is 553. The van der Waals surface area contributed by atoms with Crippen molar-refractivity contribution in [3.63, 3.8) is 0 Å². The Morgan fingerprint density at radius 3 is 2.65 bits per heavy atom. The standard InChI is InChI=1S/C17H25FN2O3/c1-4-20(11-17(2,3)22)16(21)19-12-8-9-15(14(18)10-12)23-13-6-5-7-13/h8-10,13,22H,4-7,11H2,1-3H3,(H,19,21).